The van der Waals surface area contributed by atoms with Crippen LogP contribution in [0.4, 0.5) is 4.79 Å². The molecule has 1 aliphatic rings. The number of aryl methyl sites for hydroxylation is 1. The topological polar surface area (TPSA) is 140 Å². The lowest BCUT2D eigenvalue weighted by atomic mass is 9.95. The number of carbonyl (C=O) groups excluding carboxylic acids is 2. The molecule has 3 aromatic rings. The summed E-state index contributed by atoms with van der Waals surface area (Å²) in [6.45, 7) is 5.99. The van der Waals surface area contributed by atoms with Gasteiger partial charge in [0, 0.05) is 5.70 Å². The van der Waals surface area contributed by atoms with Crippen LogP contribution in [0.1, 0.15) is 42.1 Å². The van der Waals surface area contributed by atoms with Gasteiger partial charge in [-0.1, -0.05) is 47.5 Å². The number of urea groups is 1. The Morgan fingerprint density at radius 3 is 2.64 bits per heavy atom. The van der Waals surface area contributed by atoms with Gasteiger partial charge in [0.15, 0.2) is 23.5 Å². The number of benzene rings is 3. The number of nitrogens with one attached hydrogen (secondary N) is 3. The number of aliphatic hydroxyl groups is 1. The second-order valence-corrected chi connectivity index (χ2v) is 11.3. The van der Waals surface area contributed by atoms with E-state index in [4.69, 9.17) is 30.5 Å². The lowest BCUT2D eigenvalue weighted by molar-refractivity contribution is -0.136. The van der Waals surface area contributed by atoms with Gasteiger partial charge < -0.3 is 34.7 Å². The van der Waals surface area contributed by atoms with Crippen LogP contribution in [-0.2, 0) is 16.1 Å². The van der Waals surface area contributed by atoms with Gasteiger partial charge in [0.25, 0.3) is 0 Å². The zero-order chi connectivity index (χ0) is 32.5. The standard InChI is InChI=1S/C32H34BrClN4O7/c1-5-43-26-14-22(29-28(31(40)42-4)19(3)36-32(41)37-29)9-10-25(26)44-17-27(39)38-35-15-21-12-23(33)30(24(34)13-21)45-16-20-8-6-7-18(2)11-20/h6-15,27,29,38-39H,5,16-17H2,1-4H3,(H2,36,37,41)/b35-15-/t27-,29-/m1/s1. The number of esters is 1. The Labute approximate surface area is 274 Å². The number of hydrogen-bond acceptors (Lipinski definition) is 9. The molecule has 1 heterocycles. The SMILES string of the molecule is CCOc1cc([C@H]2NC(=O)NC(C)=C2C(=O)OC)ccc1OC[C@@H](O)N/N=C\c1cc(Cl)c(OCc2cccc(C)c2)c(Br)c1. The number of hydrogen-bond donors (Lipinski definition) is 4. The zero-order valence-corrected chi connectivity index (χ0v) is 27.5. The normalized spacial score (nSPS) is 15.3. The van der Waals surface area contributed by atoms with E-state index in [0.29, 0.717) is 56.8 Å². The number of carbonyl (C=O) groups is 2. The number of rotatable bonds is 13. The van der Waals surface area contributed by atoms with E-state index < -0.39 is 24.3 Å². The summed E-state index contributed by atoms with van der Waals surface area (Å²) < 4.78 is 23.1. The maximum Gasteiger partial charge on any atom is 0.337 e. The highest BCUT2D eigenvalue weighted by molar-refractivity contribution is 9.10. The molecular weight excluding hydrogens is 668 g/mol. The summed E-state index contributed by atoms with van der Waals surface area (Å²) >= 11 is 9.98. The van der Waals surface area contributed by atoms with Gasteiger partial charge in [-0.2, -0.15) is 5.10 Å². The maximum absolute atomic E-state index is 12.4. The first-order valence-corrected chi connectivity index (χ1v) is 15.2. The monoisotopic (exact) mass is 700 g/mol. The van der Waals surface area contributed by atoms with Gasteiger partial charge in [-0.05, 0) is 77.7 Å². The molecule has 0 radical (unpaired) electrons. The Bertz CT molecular complexity index is 1590. The van der Waals surface area contributed by atoms with Crippen molar-refractivity contribution < 1.29 is 33.6 Å². The predicted molar refractivity (Wildman–Crippen MR) is 174 cm³/mol. The van der Waals surface area contributed by atoms with E-state index >= 15 is 0 Å². The third-order valence-electron chi connectivity index (χ3n) is 6.60. The van der Waals surface area contributed by atoms with Gasteiger partial charge in [0.2, 0.25) is 0 Å². The minimum Gasteiger partial charge on any atom is -0.490 e. The molecule has 4 rings (SSSR count). The molecule has 0 saturated heterocycles. The first-order chi connectivity index (χ1) is 21.6. The van der Waals surface area contributed by atoms with Crippen LogP contribution < -0.4 is 30.3 Å². The van der Waals surface area contributed by atoms with Crippen LogP contribution in [0.5, 0.6) is 17.2 Å². The van der Waals surface area contributed by atoms with E-state index in [2.05, 4.69) is 37.1 Å². The Morgan fingerprint density at radius 1 is 1.13 bits per heavy atom. The molecule has 1 aliphatic heterocycles. The zero-order valence-electron chi connectivity index (χ0n) is 25.1. The Morgan fingerprint density at radius 2 is 1.93 bits per heavy atom. The molecule has 45 heavy (non-hydrogen) atoms. The van der Waals surface area contributed by atoms with Crippen LogP contribution in [0, 0.1) is 6.92 Å². The fraction of sp³-hybridized carbons (Fsp3) is 0.281. The molecule has 2 atom stereocenters. The molecule has 0 saturated carbocycles. The number of methoxy groups -OCH3 is 1. The van der Waals surface area contributed by atoms with E-state index in [-0.39, 0.29) is 12.2 Å². The second kappa shape index (κ2) is 15.6. The van der Waals surface area contributed by atoms with Crippen LogP contribution in [0.15, 0.2) is 75.4 Å². The number of allylic oxidation sites excluding steroid dienone is 1. The van der Waals surface area contributed by atoms with E-state index in [1.807, 2.05) is 38.1 Å². The molecular formula is C32H34BrClN4O7. The van der Waals surface area contributed by atoms with E-state index in [9.17, 15) is 14.7 Å². The van der Waals surface area contributed by atoms with Crippen molar-refractivity contribution in [1.82, 2.24) is 16.1 Å². The molecule has 0 fully saturated rings. The van der Waals surface area contributed by atoms with Gasteiger partial charge in [-0.3, -0.25) is 5.43 Å². The third kappa shape index (κ3) is 8.90. The van der Waals surface area contributed by atoms with Crippen LogP contribution in [0.25, 0.3) is 0 Å². The minimum absolute atomic E-state index is 0.163. The predicted octanol–water partition coefficient (Wildman–Crippen LogP) is 5.51. The number of aliphatic hydroxyl groups excluding tert-OH is 1. The smallest absolute Gasteiger partial charge is 0.337 e. The summed E-state index contributed by atoms with van der Waals surface area (Å²) in [4.78, 5) is 24.6. The van der Waals surface area contributed by atoms with Gasteiger partial charge in [-0.25, -0.2) is 9.59 Å². The summed E-state index contributed by atoms with van der Waals surface area (Å²) in [5.74, 6) is 0.658. The van der Waals surface area contributed by atoms with Crippen molar-refractivity contribution in [2.45, 2.75) is 39.6 Å². The van der Waals surface area contributed by atoms with Gasteiger partial charge >= 0.3 is 12.0 Å². The number of ether oxygens (including phenoxy) is 4. The number of hydrazone groups is 1. The van der Waals surface area contributed by atoms with Crippen LogP contribution in [0.2, 0.25) is 5.02 Å². The average molecular weight is 702 g/mol. The molecule has 2 amide bonds. The van der Waals surface area contributed by atoms with Gasteiger partial charge in [-0.15, -0.1) is 0 Å². The highest BCUT2D eigenvalue weighted by Crippen LogP contribution is 2.36. The van der Waals surface area contributed by atoms with Crippen molar-refractivity contribution in [3.8, 4) is 17.2 Å². The summed E-state index contributed by atoms with van der Waals surface area (Å²) in [7, 11) is 1.27. The van der Waals surface area contributed by atoms with E-state index in [0.717, 1.165) is 11.1 Å². The Balaban J connectivity index is 1.37. The van der Waals surface area contributed by atoms with Crippen molar-refractivity contribution in [3.63, 3.8) is 0 Å². The fourth-order valence-electron chi connectivity index (χ4n) is 4.57. The van der Waals surface area contributed by atoms with Crippen molar-refractivity contribution in [1.29, 1.82) is 0 Å². The summed E-state index contributed by atoms with van der Waals surface area (Å²) in [5.41, 5.74) is 6.70. The molecule has 0 bridgehead atoms. The molecule has 0 aromatic heterocycles. The Hall–Kier alpha value is -4.26. The molecule has 0 spiro atoms. The van der Waals surface area contributed by atoms with Crippen molar-refractivity contribution in [3.05, 3.63) is 97.6 Å². The molecule has 4 N–H and O–H groups in total. The summed E-state index contributed by atoms with van der Waals surface area (Å²) in [6, 6.07) is 15.3. The lowest BCUT2D eigenvalue weighted by Gasteiger charge is -2.28. The summed E-state index contributed by atoms with van der Waals surface area (Å²) in [5, 5.41) is 20.3. The lowest BCUT2D eigenvalue weighted by Crippen LogP contribution is -2.45. The van der Waals surface area contributed by atoms with Crippen molar-refractivity contribution >= 4 is 45.7 Å². The maximum atomic E-state index is 12.4. The van der Waals surface area contributed by atoms with Crippen molar-refractivity contribution in [2.75, 3.05) is 20.3 Å². The van der Waals surface area contributed by atoms with Crippen LogP contribution in [-0.4, -0.2) is 49.9 Å². The second-order valence-electron chi connectivity index (χ2n) is 10.0. The quantitative estimate of drug-likeness (QED) is 0.0792. The largest absolute Gasteiger partial charge is 0.490 e. The van der Waals surface area contributed by atoms with E-state index in [1.165, 1.54) is 13.3 Å². The molecule has 0 aliphatic carbocycles. The highest BCUT2D eigenvalue weighted by Gasteiger charge is 2.32. The van der Waals surface area contributed by atoms with E-state index in [1.54, 1.807) is 37.3 Å². The number of nitrogens with zero attached hydrogens (tertiary/aromatic N) is 1. The number of halogens is 2. The molecule has 3 aromatic carbocycles. The van der Waals surface area contributed by atoms with Crippen LogP contribution >= 0.6 is 27.5 Å². The molecule has 0 unspecified atom stereocenters. The van der Waals surface area contributed by atoms with Gasteiger partial charge in [0.1, 0.15) is 13.2 Å². The average Bonchev–Trinajstić information content (AvgIpc) is 2.99. The minimum atomic E-state index is -1.16. The number of amides is 2. The van der Waals surface area contributed by atoms with Crippen LogP contribution in [0.3, 0.4) is 0 Å². The molecule has 238 valence electrons. The Kier molecular flexibility index (Phi) is 11.7. The highest BCUT2D eigenvalue weighted by atomic mass is 79.9. The first kappa shape index (κ1) is 33.6. The van der Waals surface area contributed by atoms with Gasteiger partial charge in [0.05, 0.1) is 41.0 Å². The molecule has 13 heteroatoms. The third-order valence-corrected chi connectivity index (χ3v) is 7.47. The molecule has 11 nitrogen and oxygen atoms in total. The first-order valence-electron chi connectivity index (χ1n) is 14.0. The van der Waals surface area contributed by atoms with Crippen molar-refractivity contribution in [2.24, 2.45) is 5.10 Å². The fourth-order valence-corrected chi connectivity index (χ4v) is 5.56. The summed E-state index contributed by atoms with van der Waals surface area (Å²) in [6.07, 6.45) is 0.346.